The second kappa shape index (κ2) is 5.33. The van der Waals surface area contributed by atoms with Gasteiger partial charge in [0.25, 0.3) is 0 Å². The van der Waals surface area contributed by atoms with Crippen LogP contribution in [-0.4, -0.2) is 22.4 Å². The molecule has 0 aliphatic heterocycles. The summed E-state index contributed by atoms with van der Waals surface area (Å²) in [5.41, 5.74) is 1.27. The van der Waals surface area contributed by atoms with Crippen molar-refractivity contribution < 1.29 is 0 Å². The molecule has 1 N–H and O–H groups in total. The van der Waals surface area contributed by atoms with Gasteiger partial charge in [-0.05, 0) is 37.8 Å². The zero-order chi connectivity index (χ0) is 13.2. The van der Waals surface area contributed by atoms with Crippen LogP contribution in [0, 0.1) is 5.92 Å². The highest BCUT2D eigenvalue weighted by Crippen LogP contribution is 2.34. The first-order valence-corrected chi connectivity index (χ1v) is 7.45. The van der Waals surface area contributed by atoms with E-state index < -0.39 is 0 Å². The molecule has 0 radical (unpaired) electrons. The molecule has 0 spiro atoms. The molecule has 1 aromatic heterocycles. The molecule has 1 aliphatic rings. The Hall–Kier alpha value is -1.35. The van der Waals surface area contributed by atoms with Gasteiger partial charge in [0.15, 0.2) is 0 Å². The van der Waals surface area contributed by atoms with E-state index in [0.717, 1.165) is 12.5 Å². The lowest BCUT2D eigenvalue weighted by molar-refractivity contribution is 0.209. The minimum Gasteiger partial charge on any atom is -0.312 e. The number of hydrogen-bond acceptors (Lipinski definition) is 2. The van der Waals surface area contributed by atoms with E-state index in [2.05, 4.69) is 53.2 Å². The Bertz CT molecular complexity index is 546. The number of rotatable bonds is 3. The van der Waals surface area contributed by atoms with Gasteiger partial charge in [0, 0.05) is 11.4 Å². The predicted octanol–water partition coefficient (Wildman–Crippen LogP) is 3.38. The number of para-hydroxylation sites is 1. The van der Waals surface area contributed by atoms with Crippen molar-refractivity contribution in [2.75, 3.05) is 6.54 Å². The molecule has 1 aliphatic carbocycles. The summed E-state index contributed by atoms with van der Waals surface area (Å²) in [5.74, 6) is 0.794. The van der Waals surface area contributed by atoms with Crippen molar-refractivity contribution in [1.82, 2.24) is 15.1 Å². The van der Waals surface area contributed by atoms with E-state index in [-0.39, 0.29) is 0 Å². The van der Waals surface area contributed by atoms with Crippen molar-refractivity contribution in [3.63, 3.8) is 0 Å². The lowest BCUT2D eigenvalue weighted by Gasteiger charge is -2.35. The van der Waals surface area contributed by atoms with Crippen LogP contribution < -0.4 is 5.32 Å². The fourth-order valence-corrected chi connectivity index (χ4v) is 3.38. The third kappa shape index (κ3) is 2.39. The fraction of sp³-hybridized carbons (Fsp3) is 0.562. The summed E-state index contributed by atoms with van der Waals surface area (Å²) in [7, 11) is 0. The van der Waals surface area contributed by atoms with E-state index in [1.807, 2.05) is 6.20 Å². The summed E-state index contributed by atoms with van der Waals surface area (Å²) >= 11 is 0. The number of nitrogens with zero attached hydrogens (tertiary/aromatic N) is 2. The van der Waals surface area contributed by atoms with Gasteiger partial charge in [0.1, 0.15) is 0 Å². The van der Waals surface area contributed by atoms with Crippen LogP contribution in [0.4, 0.5) is 0 Å². The Morgan fingerprint density at radius 2 is 2.16 bits per heavy atom. The molecular formula is C16H23N3. The second-order valence-electron chi connectivity index (χ2n) is 5.80. The highest BCUT2D eigenvalue weighted by Gasteiger charge is 2.30. The third-order valence-electron chi connectivity index (χ3n) is 4.36. The number of likely N-dealkylation sites (N-methyl/N-ethyl adjacent to an activating group) is 1. The predicted molar refractivity (Wildman–Crippen MR) is 79.2 cm³/mol. The van der Waals surface area contributed by atoms with Crippen LogP contribution in [0.1, 0.15) is 39.2 Å². The maximum atomic E-state index is 4.66. The van der Waals surface area contributed by atoms with Gasteiger partial charge < -0.3 is 5.32 Å². The molecule has 0 saturated heterocycles. The van der Waals surface area contributed by atoms with E-state index in [1.165, 1.54) is 30.2 Å². The van der Waals surface area contributed by atoms with Crippen LogP contribution in [0.15, 0.2) is 30.5 Å². The van der Waals surface area contributed by atoms with Gasteiger partial charge in [0.05, 0.1) is 17.8 Å². The molecule has 3 heteroatoms. The summed E-state index contributed by atoms with van der Waals surface area (Å²) < 4.78 is 2.25. The Morgan fingerprint density at radius 1 is 1.32 bits per heavy atom. The van der Waals surface area contributed by atoms with Gasteiger partial charge >= 0.3 is 0 Å². The first-order valence-electron chi connectivity index (χ1n) is 7.45. The number of hydrogen-bond donors (Lipinski definition) is 1. The zero-order valence-corrected chi connectivity index (χ0v) is 11.8. The molecule has 2 aromatic rings. The minimum atomic E-state index is 0.489. The first-order chi connectivity index (χ1) is 9.29. The molecule has 19 heavy (non-hydrogen) atoms. The molecule has 1 fully saturated rings. The van der Waals surface area contributed by atoms with Gasteiger partial charge in [-0.25, -0.2) is 0 Å². The average Bonchev–Trinajstić information content (AvgIpc) is 2.85. The Balaban J connectivity index is 1.97. The Kier molecular flexibility index (Phi) is 3.56. The van der Waals surface area contributed by atoms with E-state index in [4.69, 9.17) is 0 Å². The van der Waals surface area contributed by atoms with Crippen molar-refractivity contribution in [1.29, 1.82) is 0 Å². The van der Waals surface area contributed by atoms with Gasteiger partial charge in [-0.15, -0.1) is 0 Å². The lowest BCUT2D eigenvalue weighted by Crippen LogP contribution is -2.41. The third-order valence-corrected chi connectivity index (χ3v) is 4.36. The summed E-state index contributed by atoms with van der Waals surface area (Å²) in [6.07, 6.45) is 5.81. The van der Waals surface area contributed by atoms with E-state index >= 15 is 0 Å². The highest BCUT2D eigenvalue weighted by atomic mass is 15.3. The van der Waals surface area contributed by atoms with E-state index in [0.29, 0.717) is 12.1 Å². The molecule has 3 atom stereocenters. The molecule has 102 valence electrons. The van der Waals surface area contributed by atoms with E-state index in [1.54, 1.807) is 0 Å². The van der Waals surface area contributed by atoms with Crippen LogP contribution in [0.5, 0.6) is 0 Å². The van der Waals surface area contributed by atoms with Crippen LogP contribution in [0.2, 0.25) is 0 Å². The molecule has 1 aromatic carbocycles. The number of fused-ring (bicyclic) bond motifs is 1. The molecule has 0 bridgehead atoms. The standard InChI is InChI=1S/C16H23N3/c1-3-17-14-9-8-12(2)10-16(14)19-15-7-5-4-6-13(15)11-18-19/h4-7,11-12,14,16-17H,3,8-10H2,1-2H3. The molecule has 1 heterocycles. The number of nitrogens with one attached hydrogen (secondary N) is 1. The maximum Gasteiger partial charge on any atom is 0.0686 e. The van der Waals surface area contributed by atoms with Gasteiger partial charge in [-0.2, -0.15) is 5.10 Å². The van der Waals surface area contributed by atoms with Crippen LogP contribution in [0.25, 0.3) is 10.9 Å². The lowest BCUT2D eigenvalue weighted by atomic mass is 9.83. The summed E-state index contributed by atoms with van der Waals surface area (Å²) in [4.78, 5) is 0. The summed E-state index contributed by atoms with van der Waals surface area (Å²) in [6, 6.07) is 9.57. The van der Waals surface area contributed by atoms with Crippen LogP contribution in [0.3, 0.4) is 0 Å². The maximum absolute atomic E-state index is 4.66. The van der Waals surface area contributed by atoms with Crippen molar-refractivity contribution in [3.05, 3.63) is 30.5 Å². The smallest absolute Gasteiger partial charge is 0.0686 e. The monoisotopic (exact) mass is 257 g/mol. The molecule has 3 nitrogen and oxygen atoms in total. The summed E-state index contributed by atoms with van der Waals surface area (Å²) in [5, 5.41) is 9.56. The Morgan fingerprint density at radius 3 is 3.00 bits per heavy atom. The number of benzene rings is 1. The van der Waals surface area contributed by atoms with Crippen LogP contribution in [-0.2, 0) is 0 Å². The van der Waals surface area contributed by atoms with Crippen molar-refractivity contribution in [3.8, 4) is 0 Å². The van der Waals surface area contributed by atoms with Crippen molar-refractivity contribution >= 4 is 10.9 Å². The van der Waals surface area contributed by atoms with Gasteiger partial charge in [-0.3, -0.25) is 4.68 Å². The minimum absolute atomic E-state index is 0.489. The SMILES string of the molecule is CCNC1CCC(C)CC1n1ncc2ccccc21. The largest absolute Gasteiger partial charge is 0.312 e. The summed E-state index contributed by atoms with van der Waals surface area (Å²) in [6.45, 7) is 5.59. The first kappa shape index (κ1) is 12.7. The normalized spacial score (nSPS) is 27.8. The van der Waals surface area contributed by atoms with Crippen molar-refractivity contribution in [2.24, 2.45) is 5.92 Å². The Labute approximate surface area is 115 Å². The second-order valence-corrected chi connectivity index (χ2v) is 5.80. The molecule has 1 saturated carbocycles. The van der Waals surface area contributed by atoms with Gasteiger partial charge in [0.2, 0.25) is 0 Å². The van der Waals surface area contributed by atoms with Gasteiger partial charge in [-0.1, -0.05) is 32.0 Å². The molecule has 0 amide bonds. The van der Waals surface area contributed by atoms with E-state index in [9.17, 15) is 0 Å². The fourth-order valence-electron chi connectivity index (χ4n) is 3.38. The molecule has 3 rings (SSSR count). The average molecular weight is 257 g/mol. The topological polar surface area (TPSA) is 29.9 Å². The highest BCUT2D eigenvalue weighted by molar-refractivity contribution is 5.78. The van der Waals surface area contributed by atoms with Crippen molar-refractivity contribution in [2.45, 2.75) is 45.2 Å². The zero-order valence-electron chi connectivity index (χ0n) is 11.8. The number of aromatic nitrogens is 2. The quantitative estimate of drug-likeness (QED) is 0.913. The molecule has 3 unspecified atom stereocenters. The molecular weight excluding hydrogens is 234 g/mol. The van der Waals surface area contributed by atoms with Crippen LogP contribution >= 0.6 is 0 Å².